The molecule has 0 radical (unpaired) electrons. The highest BCUT2D eigenvalue weighted by atomic mass is 127. The maximum Gasteiger partial charge on any atom is 0.222 e. The minimum Gasteiger partial charge on any atom is -0.359 e. The van der Waals surface area contributed by atoms with Crippen LogP contribution in [0.5, 0.6) is 0 Å². The Morgan fingerprint density at radius 2 is 1.87 bits per heavy atom. The van der Waals surface area contributed by atoms with Gasteiger partial charge in [-0.05, 0) is 5.92 Å². The van der Waals surface area contributed by atoms with E-state index in [9.17, 15) is 4.79 Å². The first kappa shape index (κ1) is 21.7. The molecule has 0 bridgehead atoms. The van der Waals surface area contributed by atoms with Crippen LogP contribution < -0.4 is 16.0 Å². The van der Waals surface area contributed by atoms with E-state index in [1.54, 1.807) is 7.05 Å². The second-order valence-corrected chi connectivity index (χ2v) is 5.67. The Balaban J connectivity index is 0.00000484. The van der Waals surface area contributed by atoms with E-state index in [1.807, 2.05) is 19.9 Å². The molecule has 1 aromatic heterocycles. The van der Waals surface area contributed by atoms with Gasteiger partial charge in [-0.1, -0.05) is 32.9 Å². The number of nitrogens with zero attached hydrogens (tertiary/aromatic N) is 2. The molecule has 0 fully saturated rings. The molecule has 3 N–H and O–H groups in total. The van der Waals surface area contributed by atoms with E-state index in [4.69, 9.17) is 4.52 Å². The third-order valence-corrected chi connectivity index (χ3v) is 3.06. The molecule has 0 aliphatic carbocycles. The lowest BCUT2D eigenvalue weighted by Crippen LogP contribution is -2.41. The second-order valence-electron chi connectivity index (χ2n) is 5.67. The Morgan fingerprint density at radius 3 is 2.39 bits per heavy atom. The number of guanidine groups is 1. The van der Waals surface area contributed by atoms with Crippen molar-refractivity contribution in [1.82, 2.24) is 21.1 Å². The van der Waals surface area contributed by atoms with Crippen molar-refractivity contribution in [1.29, 1.82) is 0 Å². The van der Waals surface area contributed by atoms with Crippen LogP contribution in [0.3, 0.4) is 0 Å². The first-order valence-electron chi connectivity index (χ1n) is 7.61. The average molecular weight is 437 g/mol. The zero-order valence-electron chi connectivity index (χ0n) is 14.5. The summed E-state index contributed by atoms with van der Waals surface area (Å²) in [7, 11) is 1.70. The molecular weight excluding hydrogens is 409 g/mol. The van der Waals surface area contributed by atoms with Crippen LogP contribution in [0, 0.1) is 5.92 Å². The zero-order chi connectivity index (χ0) is 16.5. The van der Waals surface area contributed by atoms with Gasteiger partial charge in [-0.3, -0.25) is 9.79 Å². The van der Waals surface area contributed by atoms with Crippen molar-refractivity contribution >= 4 is 35.8 Å². The largest absolute Gasteiger partial charge is 0.359 e. The average Bonchev–Trinajstić information content (AvgIpc) is 2.95. The fourth-order valence-electron chi connectivity index (χ4n) is 1.65. The molecular formula is C15H28IN5O2. The molecule has 0 atom stereocenters. The van der Waals surface area contributed by atoms with Crippen molar-refractivity contribution in [3.05, 3.63) is 17.5 Å². The van der Waals surface area contributed by atoms with Gasteiger partial charge < -0.3 is 20.5 Å². The maximum atomic E-state index is 11.4. The molecule has 0 spiro atoms. The van der Waals surface area contributed by atoms with Crippen LogP contribution in [-0.2, 0) is 11.3 Å². The van der Waals surface area contributed by atoms with E-state index in [1.165, 1.54) is 0 Å². The van der Waals surface area contributed by atoms with E-state index in [2.05, 4.69) is 39.9 Å². The van der Waals surface area contributed by atoms with E-state index >= 15 is 0 Å². The SMILES string of the molecule is CN=C(NCCNC(=O)C(C)C)NCc1cc(C(C)C)no1.I. The monoisotopic (exact) mass is 437 g/mol. The predicted octanol–water partition coefficient (Wildman–Crippen LogP) is 1.85. The van der Waals surface area contributed by atoms with Crippen molar-refractivity contribution in [3.63, 3.8) is 0 Å². The number of amides is 1. The van der Waals surface area contributed by atoms with Crippen LogP contribution in [0.1, 0.15) is 45.1 Å². The van der Waals surface area contributed by atoms with Crippen LogP contribution in [-0.4, -0.2) is 37.2 Å². The molecule has 0 aromatic carbocycles. The van der Waals surface area contributed by atoms with Gasteiger partial charge in [0.1, 0.15) is 0 Å². The predicted molar refractivity (Wildman–Crippen MR) is 102 cm³/mol. The molecule has 7 nitrogen and oxygen atoms in total. The number of carbonyl (C=O) groups is 1. The van der Waals surface area contributed by atoms with Gasteiger partial charge in [-0.15, -0.1) is 24.0 Å². The Bertz CT molecular complexity index is 500. The zero-order valence-corrected chi connectivity index (χ0v) is 16.8. The quantitative estimate of drug-likeness (QED) is 0.262. The first-order chi connectivity index (χ1) is 10.4. The minimum absolute atomic E-state index is 0. The third kappa shape index (κ3) is 8.19. The highest BCUT2D eigenvalue weighted by Crippen LogP contribution is 2.13. The highest BCUT2D eigenvalue weighted by molar-refractivity contribution is 14.0. The fourth-order valence-corrected chi connectivity index (χ4v) is 1.65. The summed E-state index contributed by atoms with van der Waals surface area (Å²) >= 11 is 0. The molecule has 1 rings (SSSR count). The Kier molecular flexibility index (Phi) is 10.6. The highest BCUT2D eigenvalue weighted by Gasteiger charge is 2.08. The number of rotatable bonds is 7. The van der Waals surface area contributed by atoms with Crippen molar-refractivity contribution < 1.29 is 9.32 Å². The molecule has 23 heavy (non-hydrogen) atoms. The number of halogens is 1. The van der Waals surface area contributed by atoms with Gasteiger partial charge in [0.25, 0.3) is 0 Å². The van der Waals surface area contributed by atoms with Crippen LogP contribution in [0.15, 0.2) is 15.6 Å². The third-order valence-electron chi connectivity index (χ3n) is 3.06. The van der Waals surface area contributed by atoms with E-state index in [-0.39, 0.29) is 35.8 Å². The Labute approximate surface area is 155 Å². The normalized spacial score (nSPS) is 11.3. The summed E-state index contributed by atoms with van der Waals surface area (Å²) in [5.74, 6) is 1.81. The van der Waals surface area contributed by atoms with Gasteiger partial charge in [-0.25, -0.2) is 0 Å². The van der Waals surface area contributed by atoms with Gasteiger partial charge in [0, 0.05) is 32.1 Å². The van der Waals surface area contributed by atoms with Crippen LogP contribution in [0.2, 0.25) is 0 Å². The number of hydrogen-bond acceptors (Lipinski definition) is 4. The summed E-state index contributed by atoms with van der Waals surface area (Å²) in [6, 6.07) is 1.94. The maximum absolute atomic E-state index is 11.4. The second kappa shape index (κ2) is 11.3. The molecule has 0 aliphatic rings. The molecule has 0 aliphatic heterocycles. The van der Waals surface area contributed by atoms with Gasteiger partial charge in [0.05, 0.1) is 12.2 Å². The number of nitrogens with one attached hydrogen (secondary N) is 3. The molecule has 8 heteroatoms. The van der Waals surface area contributed by atoms with Gasteiger partial charge >= 0.3 is 0 Å². The van der Waals surface area contributed by atoms with Crippen molar-refractivity contribution in [2.75, 3.05) is 20.1 Å². The summed E-state index contributed by atoms with van der Waals surface area (Å²) < 4.78 is 5.25. The number of hydrogen-bond donors (Lipinski definition) is 3. The van der Waals surface area contributed by atoms with Gasteiger partial charge in [0.15, 0.2) is 11.7 Å². The van der Waals surface area contributed by atoms with Crippen LogP contribution >= 0.6 is 24.0 Å². The van der Waals surface area contributed by atoms with Gasteiger partial charge in [0.2, 0.25) is 5.91 Å². The minimum atomic E-state index is -0.000886. The number of aliphatic imine (C=N–C) groups is 1. The van der Waals surface area contributed by atoms with E-state index < -0.39 is 0 Å². The lowest BCUT2D eigenvalue weighted by atomic mass is 10.1. The van der Waals surface area contributed by atoms with Crippen molar-refractivity contribution in [2.45, 2.75) is 40.2 Å². The van der Waals surface area contributed by atoms with Crippen molar-refractivity contribution in [2.24, 2.45) is 10.9 Å². The molecule has 0 saturated carbocycles. The smallest absolute Gasteiger partial charge is 0.222 e. The molecule has 1 aromatic rings. The van der Waals surface area contributed by atoms with Gasteiger partial charge in [-0.2, -0.15) is 0 Å². The van der Waals surface area contributed by atoms with E-state index in [0.29, 0.717) is 31.5 Å². The standard InChI is InChI=1S/C15H27N5O2.HI/c1-10(2)13-8-12(22-20-13)9-19-15(16-5)18-7-6-17-14(21)11(3)4;/h8,10-11H,6-7,9H2,1-5H3,(H,17,21)(H2,16,18,19);1H. The lowest BCUT2D eigenvalue weighted by Gasteiger charge is -2.12. The summed E-state index contributed by atoms with van der Waals surface area (Å²) in [5.41, 5.74) is 0.941. The molecule has 0 saturated heterocycles. The summed E-state index contributed by atoms with van der Waals surface area (Å²) in [4.78, 5) is 15.5. The van der Waals surface area contributed by atoms with E-state index in [0.717, 1.165) is 11.5 Å². The number of aromatic nitrogens is 1. The summed E-state index contributed by atoms with van der Waals surface area (Å²) in [6.45, 7) is 9.54. The molecule has 132 valence electrons. The Hall–Kier alpha value is -1.32. The van der Waals surface area contributed by atoms with Crippen LogP contribution in [0.4, 0.5) is 0 Å². The molecule has 1 heterocycles. The molecule has 0 unspecified atom stereocenters. The first-order valence-corrected chi connectivity index (χ1v) is 7.61. The fraction of sp³-hybridized carbons (Fsp3) is 0.667. The molecule has 1 amide bonds. The topological polar surface area (TPSA) is 91.5 Å². The van der Waals surface area contributed by atoms with Crippen LogP contribution in [0.25, 0.3) is 0 Å². The van der Waals surface area contributed by atoms with Crippen molar-refractivity contribution in [3.8, 4) is 0 Å². The Morgan fingerprint density at radius 1 is 1.22 bits per heavy atom. The lowest BCUT2D eigenvalue weighted by molar-refractivity contribution is -0.123. The summed E-state index contributed by atoms with van der Waals surface area (Å²) in [6.07, 6.45) is 0. The summed E-state index contributed by atoms with van der Waals surface area (Å²) in [5, 5.41) is 13.1. The number of carbonyl (C=O) groups excluding carboxylic acids is 1.